The Morgan fingerprint density at radius 1 is 1.28 bits per heavy atom. The van der Waals surface area contributed by atoms with Gasteiger partial charge in [-0.05, 0) is 56.0 Å². The molecule has 6 nitrogen and oxygen atoms in total. The summed E-state index contributed by atoms with van der Waals surface area (Å²) in [4.78, 5) is 4.10. The van der Waals surface area contributed by atoms with Gasteiger partial charge >= 0.3 is 0 Å². The quantitative estimate of drug-likeness (QED) is 0.692. The van der Waals surface area contributed by atoms with Crippen LogP contribution in [0.15, 0.2) is 45.8 Å². The summed E-state index contributed by atoms with van der Waals surface area (Å²) in [6.45, 7) is 3.65. The number of nitrogens with zero attached hydrogens (tertiary/aromatic N) is 1. The summed E-state index contributed by atoms with van der Waals surface area (Å²) in [5, 5.41) is -0.398. The lowest BCUT2D eigenvalue weighted by molar-refractivity contribution is 0.0236. The summed E-state index contributed by atoms with van der Waals surface area (Å²) >= 11 is 0. The van der Waals surface area contributed by atoms with Gasteiger partial charge in [-0.2, -0.15) is 0 Å². The summed E-state index contributed by atoms with van der Waals surface area (Å²) in [5.74, 6) is -1.29. The van der Waals surface area contributed by atoms with Crippen molar-refractivity contribution in [1.29, 1.82) is 0 Å². The van der Waals surface area contributed by atoms with E-state index in [2.05, 4.69) is 4.99 Å². The molecule has 0 saturated carbocycles. The van der Waals surface area contributed by atoms with Crippen molar-refractivity contribution in [2.75, 3.05) is 18.9 Å². The summed E-state index contributed by atoms with van der Waals surface area (Å²) in [6.07, 6.45) is -1.96. The maximum Gasteiger partial charge on any atom is 0.252 e. The van der Waals surface area contributed by atoms with E-state index < -0.39 is 47.7 Å². The van der Waals surface area contributed by atoms with Crippen molar-refractivity contribution >= 4 is 24.7 Å². The Hall–Kier alpha value is -1.65. The molecular formula is C19H23F2NO5S2. The molecule has 1 saturated heterocycles. The second-order valence-corrected chi connectivity index (χ2v) is 12.1. The molecule has 1 aromatic rings. The largest absolute Gasteiger partial charge is 0.374 e. The zero-order valence-corrected chi connectivity index (χ0v) is 17.8. The van der Waals surface area contributed by atoms with Crippen LogP contribution in [0.3, 0.4) is 0 Å². The normalized spacial score (nSPS) is 25.8. The van der Waals surface area contributed by atoms with Crippen LogP contribution in [0.4, 0.5) is 8.78 Å². The van der Waals surface area contributed by atoms with E-state index in [9.17, 15) is 25.6 Å². The number of alkyl halides is 2. The smallest absolute Gasteiger partial charge is 0.252 e. The lowest BCUT2D eigenvalue weighted by atomic mass is 9.92. The Bertz CT molecular complexity index is 1060. The zero-order chi connectivity index (χ0) is 21.4. The molecular weight excluding hydrogens is 424 g/mol. The summed E-state index contributed by atoms with van der Waals surface area (Å²) in [6, 6.07) is 6.69. The number of hydrogen-bond acceptors (Lipinski definition) is 6. The number of rotatable bonds is 5. The van der Waals surface area contributed by atoms with Gasteiger partial charge < -0.3 is 4.74 Å². The molecule has 2 heterocycles. The molecule has 3 rings (SSSR count). The van der Waals surface area contributed by atoms with Crippen molar-refractivity contribution in [3.8, 4) is 0 Å². The fourth-order valence-electron chi connectivity index (χ4n) is 3.57. The average molecular weight is 448 g/mol. The van der Waals surface area contributed by atoms with Gasteiger partial charge in [-0.1, -0.05) is 12.1 Å². The molecule has 10 heteroatoms. The Balaban J connectivity index is 1.84. The van der Waals surface area contributed by atoms with Gasteiger partial charge in [-0.3, -0.25) is 4.99 Å². The molecule has 0 bridgehead atoms. The average Bonchev–Trinajstić information content (AvgIpc) is 3.12. The van der Waals surface area contributed by atoms with Gasteiger partial charge in [0.1, 0.15) is 5.75 Å². The number of hydrogen-bond donors (Lipinski definition) is 0. The van der Waals surface area contributed by atoms with Crippen molar-refractivity contribution in [2.24, 2.45) is 4.99 Å². The maximum atomic E-state index is 13.3. The predicted octanol–water partition coefficient (Wildman–Crippen LogP) is 2.72. The Morgan fingerprint density at radius 3 is 2.66 bits per heavy atom. The van der Waals surface area contributed by atoms with Crippen LogP contribution in [-0.2, 0) is 24.4 Å². The Morgan fingerprint density at radius 2 is 2.00 bits per heavy atom. The highest BCUT2D eigenvalue weighted by Gasteiger charge is 2.46. The van der Waals surface area contributed by atoms with Crippen LogP contribution in [0.1, 0.15) is 25.3 Å². The molecule has 1 aromatic carbocycles. The Labute approximate surface area is 169 Å². The van der Waals surface area contributed by atoms with Gasteiger partial charge in [0.2, 0.25) is 9.84 Å². The fourth-order valence-corrected chi connectivity index (χ4v) is 6.56. The molecule has 0 amide bonds. The third-order valence-electron chi connectivity index (χ3n) is 5.32. The molecule has 2 aliphatic rings. The molecule has 29 heavy (non-hydrogen) atoms. The zero-order valence-electron chi connectivity index (χ0n) is 16.1. The van der Waals surface area contributed by atoms with E-state index in [4.69, 9.17) is 4.74 Å². The second-order valence-electron chi connectivity index (χ2n) is 7.63. The van der Waals surface area contributed by atoms with Crippen LogP contribution in [0.25, 0.3) is 0 Å². The molecule has 2 atom stereocenters. The molecule has 0 aromatic heterocycles. The Kier molecular flexibility index (Phi) is 5.99. The van der Waals surface area contributed by atoms with Crippen LogP contribution in [0, 0.1) is 6.92 Å². The topological polar surface area (TPSA) is 89.9 Å². The van der Waals surface area contributed by atoms with Crippen LogP contribution >= 0.6 is 0 Å². The van der Waals surface area contributed by atoms with Gasteiger partial charge in [-0.15, -0.1) is 0 Å². The standard InChI is InChI=1S/C19H23F2NO5S2/c1-13-4-3-5-15(8-13)29(25,26)19(2)6-7-27-16(10-19)14-9-18(22-11-14)28(23,24)12-17(20)21/h3-5,8-9,16-17H,6-7,10-12H2,1-2H3. The van der Waals surface area contributed by atoms with Crippen LogP contribution in [0.5, 0.6) is 0 Å². The third-order valence-corrected chi connectivity index (χ3v) is 9.44. The predicted molar refractivity (Wildman–Crippen MR) is 106 cm³/mol. The fraction of sp³-hybridized carbons (Fsp3) is 0.526. The van der Waals surface area contributed by atoms with Gasteiger partial charge in [-0.25, -0.2) is 25.6 Å². The number of benzene rings is 1. The van der Waals surface area contributed by atoms with Gasteiger partial charge in [0.05, 0.1) is 22.3 Å². The SMILES string of the molecule is Cc1cccc(S(=O)(=O)C2(C)CCOC(C3=CC(S(=O)(=O)CC(F)F)=NC3)C2)c1. The molecule has 2 unspecified atom stereocenters. The minimum atomic E-state index is -4.19. The minimum Gasteiger partial charge on any atom is -0.374 e. The van der Waals surface area contributed by atoms with E-state index in [1.165, 1.54) is 6.08 Å². The molecule has 0 spiro atoms. The lowest BCUT2D eigenvalue weighted by Gasteiger charge is -2.38. The third kappa shape index (κ3) is 4.44. The second kappa shape index (κ2) is 7.88. The molecule has 0 N–H and O–H groups in total. The first-order valence-corrected chi connectivity index (χ1v) is 12.3. The van der Waals surface area contributed by atoms with E-state index >= 15 is 0 Å². The van der Waals surface area contributed by atoms with Crippen LogP contribution in [0.2, 0.25) is 0 Å². The van der Waals surface area contributed by atoms with Crippen molar-refractivity contribution in [1.82, 2.24) is 0 Å². The van der Waals surface area contributed by atoms with Crippen molar-refractivity contribution in [3.63, 3.8) is 0 Å². The first-order chi connectivity index (χ1) is 13.4. The van der Waals surface area contributed by atoms with Crippen molar-refractivity contribution in [3.05, 3.63) is 41.5 Å². The summed E-state index contributed by atoms with van der Waals surface area (Å²) in [7, 11) is -7.85. The summed E-state index contributed by atoms with van der Waals surface area (Å²) < 4.78 is 80.2. The number of halogens is 2. The highest BCUT2D eigenvalue weighted by Crippen LogP contribution is 2.39. The number of ether oxygens (including phenoxy) is 1. The van der Waals surface area contributed by atoms with E-state index in [0.29, 0.717) is 12.0 Å². The highest BCUT2D eigenvalue weighted by molar-refractivity contribution is 8.06. The lowest BCUT2D eigenvalue weighted by Crippen LogP contribution is -2.45. The van der Waals surface area contributed by atoms with E-state index in [1.807, 2.05) is 13.0 Å². The monoisotopic (exact) mass is 447 g/mol. The molecule has 2 aliphatic heterocycles. The number of aryl methyl sites for hydroxylation is 1. The van der Waals surface area contributed by atoms with Crippen LogP contribution in [-0.4, -0.2) is 58.1 Å². The van der Waals surface area contributed by atoms with E-state index in [-0.39, 0.29) is 24.5 Å². The molecule has 0 aliphatic carbocycles. The number of aliphatic imine (C=N–C) groups is 1. The van der Waals surface area contributed by atoms with Crippen molar-refractivity contribution in [2.45, 2.75) is 48.9 Å². The maximum absolute atomic E-state index is 13.3. The minimum absolute atomic E-state index is 0.0109. The first-order valence-electron chi connectivity index (χ1n) is 9.13. The van der Waals surface area contributed by atoms with Crippen LogP contribution < -0.4 is 0 Å². The number of sulfone groups is 2. The van der Waals surface area contributed by atoms with E-state index in [1.54, 1.807) is 25.1 Å². The van der Waals surface area contributed by atoms with Gasteiger partial charge in [0.25, 0.3) is 6.43 Å². The highest BCUT2D eigenvalue weighted by atomic mass is 32.2. The van der Waals surface area contributed by atoms with Gasteiger partial charge in [0, 0.05) is 6.61 Å². The van der Waals surface area contributed by atoms with Gasteiger partial charge in [0.15, 0.2) is 14.9 Å². The molecule has 1 fully saturated rings. The van der Waals surface area contributed by atoms with E-state index in [0.717, 1.165) is 5.56 Å². The van der Waals surface area contributed by atoms with Crippen molar-refractivity contribution < 1.29 is 30.4 Å². The first kappa shape index (κ1) is 22.0. The summed E-state index contributed by atoms with van der Waals surface area (Å²) in [5.41, 5.74) is 1.32. The molecule has 160 valence electrons. The molecule has 0 radical (unpaired) electrons.